The summed E-state index contributed by atoms with van der Waals surface area (Å²) in [6.07, 6.45) is -1.27. The van der Waals surface area contributed by atoms with Gasteiger partial charge in [0.15, 0.2) is 5.56 Å². The molecule has 1 aliphatic rings. The van der Waals surface area contributed by atoms with Gasteiger partial charge in [-0.25, -0.2) is 4.98 Å². The fourth-order valence-corrected chi connectivity index (χ4v) is 4.16. The molecule has 36 heavy (non-hydrogen) atoms. The van der Waals surface area contributed by atoms with Crippen LogP contribution in [0, 0.1) is 0 Å². The lowest BCUT2D eigenvalue weighted by atomic mass is 10.0. The van der Waals surface area contributed by atoms with Gasteiger partial charge in [-0.2, -0.15) is 13.2 Å². The molecule has 7 nitrogen and oxygen atoms in total. The molecule has 190 valence electrons. The summed E-state index contributed by atoms with van der Waals surface area (Å²) in [6, 6.07) is 8.96. The number of rotatable bonds is 6. The van der Waals surface area contributed by atoms with Crippen LogP contribution in [0.25, 0.3) is 22.5 Å². The number of piperazine rings is 1. The van der Waals surface area contributed by atoms with Gasteiger partial charge in [0.2, 0.25) is 5.91 Å². The summed E-state index contributed by atoms with van der Waals surface area (Å²) in [5.74, 6) is 0.205. The average molecular weight is 540 g/mol. The molecule has 4 rings (SSSR count). The van der Waals surface area contributed by atoms with Gasteiger partial charge in [0.25, 0.3) is 0 Å². The molecular formula is C24H22Cl2F3N5O2. The molecule has 0 saturated carbocycles. The van der Waals surface area contributed by atoms with E-state index < -0.39 is 24.1 Å². The molecule has 1 aliphatic heterocycles. The van der Waals surface area contributed by atoms with Crippen molar-refractivity contribution in [1.29, 1.82) is 0 Å². The van der Waals surface area contributed by atoms with Gasteiger partial charge >= 0.3 is 6.18 Å². The minimum atomic E-state index is -4.53. The zero-order chi connectivity index (χ0) is 25.9. The van der Waals surface area contributed by atoms with Gasteiger partial charge in [-0.1, -0.05) is 23.2 Å². The van der Waals surface area contributed by atoms with Crippen LogP contribution in [0.2, 0.25) is 5.02 Å². The second-order valence-corrected chi connectivity index (χ2v) is 9.15. The predicted octanol–water partition coefficient (Wildman–Crippen LogP) is 5.42. The highest BCUT2D eigenvalue weighted by Gasteiger charge is 2.34. The van der Waals surface area contributed by atoms with Crippen LogP contribution in [-0.4, -0.2) is 63.7 Å². The zero-order valence-corrected chi connectivity index (χ0v) is 20.7. The van der Waals surface area contributed by atoms with Crippen LogP contribution in [0.1, 0.15) is 13.3 Å². The van der Waals surface area contributed by atoms with E-state index in [-0.39, 0.29) is 13.1 Å². The largest absolute Gasteiger partial charge is 0.475 e. The lowest BCUT2D eigenvalue weighted by molar-refractivity contribution is -0.161. The van der Waals surface area contributed by atoms with Gasteiger partial charge in [0.1, 0.15) is 23.7 Å². The number of hydrogen-bond donors (Lipinski definition) is 0. The van der Waals surface area contributed by atoms with Gasteiger partial charge in [-0.05, 0) is 37.3 Å². The van der Waals surface area contributed by atoms with Crippen LogP contribution in [-0.2, 0) is 4.79 Å². The summed E-state index contributed by atoms with van der Waals surface area (Å²) in [5, 5.41) is 0.392. The Morgan fingerprint density at radius 3 is 2.39 bits per heavy atom. The fourth-order valence-electron chi connectivity index (χ4n) is 3.85. The van der Waals surface area contributed by atoms with Crippen molar-refractivity contribution in [1.82, 2.24) is 19.9 Å². The smallest absolute Gasteiger partial charge is 0.397 e. The van der Waals surface area contributed by atoms with Crippen molar-refractivity contribution in [2.75, 3.05) is 31.1 Å². The Labute approximate surface area is 215 Å². The Hall–Kier alpha value is -3.11. The molecule has 1 fully saturated rings. The molecule has 1 unspecified atom stereocenters. The van der Waals surface area contributed by atoms with E-state index in [1.54, 1.807) is 37.5 Å². The van der Waals surface area contributed by atoms with Crippen LogP contribution < -0.4 is 9.64 Å². The molecule has 0 radical (unpaired) electrons. The number of halogens is 5. The summed E-state index contributed by atoms with van der Waals surface area (Å²) >= 11 is 12.3. The topological polar surface area (TPSA) is 71.5 Å². The number of nitrogens with zero attached hydrogens (tertiary/aromatic N) is 5. The van der Waals surface area contributed by atoms with E-state index in [1.165, 1.54) is 11.1 Å². The molecule has 0 spiro atoms. The van der Waals surface area contributed by atoms with Crippen molar-refractivity contribution in [2.24, 2.45) is 0 Å². The first kappa shape index (κ1) is 26.0. The van der Waals surface area contributed by atoms with Crippen LogP contribution in [0.3, 0.4) is 0 Å². The lowest BCUT2D eigenvalue weighted by Gasteiger charge is -2.35. The van der Waals surface area contributed by atoms with Gasteiger partial charge in [-0.15, -0.1) is 0 Å². The second-order valence-electron chi connectivity index (χ2n) is 8.13. The van der Waals surface area contributed by atoms with E-state index in [0.29, 0.717) is 46.6 Å². The van der Waals surface area contributed by atoms with Crippen molar-refractivity contribution in [3.8, 4) is 28.3 Å². The zero-order valence-electron chi connectivity index (χ0n) is 19.2. The summed E-state index contributed by atoms with van der Waals surface area (Å²) in [7, 11) is 0. The van der Waals surface area contributed by atoms with Crippen molar-refractivity contribution in [2.45, 2.75) is 25.1 Å². The van der Waals surface area contributed by atoms with Crippen molar-refractivity contribution in [3.05, 3.63) is 53.9 Å². The molecule has 12 heteroatoms. The maximum atomic E-state index is 12.6. The number of carbonyl (C=O) groups is 1. The Kier molecular flexibility index (Phi) is 7.85. The van der Waals surface area contributed by atoms with Gasteiger partial charge < -0.3 is 14.5 Å². The van der Waals surface area contributed by atoms with Crippen molar-refractivity contribution in [3.63, 3.8) is 0 Å². The number of ether oxygens (including phenoxy) is 1. The first-order valence-corrected chi connectivity index (χ1v) is 11.9. The quantitative estimate of drug-likeness (QED) is 0.389. The Balaban J connectivity index is 1.61. The van der Waals surface area contributed by atoms with E-state index in [1.807, 2.05) is 17.0 Å². The van der Waals surface area contributed by atoms with E-state index >= 15 is 0 Å². The molecule has 3 aromatic rings. The minimum Gasteiger partial charge on any atom is -0.475 e. The fraction of sp³-hybridized carbons (Fsp3) is 0.333. The standard InChI is InChI=1S/C24H22Cl2F3N5O2/c1-15(25)36-17-4-2-16(3-5-17)22-23(18-6-7-30-13-19(18)26)32-20(14-31-22)33-8-10-34(11-9-33)21(35)12-24(27,28)29/h2-7,13-15H,8-12H2,1H3. The first-order chi connectivity index (χ1) is 17.1. The van der Waals surface area contributed by atoms with E-state index in [9.17, 15) is 18.0 Å². The summed E-state index contributed by atoms with van der Waals surface area (Å²) in [4.78, 5) is 28.6. The molecule has 1 amide bonds. The normalized spacial score (nSPS) is 15.1. The highest BCUT2D eigenvalue weighted by atomic mass is 35.5. The third-order valence-corrected chi connectivity index (χ3v) is 5.91. The SMILES string of the molecule is CC(Cl)Oc1ccc(-c2ncc(N3CCN(C(=O)CC(F)(F)F)CC3)nc2-c2ccncc2Cl)cc1. The minimum absolute atomic E-state index is 0.157. The van der Waals surface area contributed by atoms with Crippen LogP contribution >= 0.6 is 23.2 Å². The lowest BCUT2D eigenvalue weighted by Crippen LogP contribution is -2.49. The number of aromatic nitrogens is 3. The molecule has 0 aliphatic carbocycles. The third kappa shape index (κ3) is 6.36. The van der Waals surface area contributed by atoms with Gasteiger partial charge in [-0.3, -0.25) is 14.8 Å². The average Bonchev–Trinajstić information content (AvgIpc) is 2.83. The molecule has 1 saturated heterocycles. The van der Waals surface area contributed by atoms with E-state index in [4.69, 9.17) is 32.9 Å². The molecular weight excluding hydrogens is 518 g/mol. The number of benzene rings is 1. The highest BCUT2D eigenvalue weighted by molar-refractivity contribution is 6.33. The Bertz CT molecular complexity index is 1220. The summed E-state index contributed by atoms with van der Waals surface area (Å²) in [5.41, 5.74) is 2.02. The molecule has 2 aromatic heterocycles. The molecule has 3 heterocycles. The summed E-state index contributed by atoms with van der Waals surface area (Å²) in [6.45, 7) is 2.68. The molecule has 1 atom stereocenters. The van der Waals surface area contributed by atoms with Crippen molar-refractivity contribution >= 4 is 34.9 Å². The molecule has 1 aromatic carbocycles. The molecule has 0 N–H and O–H groups in total. The molecule has 0 bridgehead atoms. The van der Waals surface area contributed by atoms with Gasteiger partial charge in [0.05, 0.1) is 16.9 Å². The maximum Gasteiger partial charge on any atom is 0.397 e. The number of amides is 1. The monoisotopic (exact) mass is 539 g/mol. The predicted molar refractivity (Wildman–Crippen MR) is 131 cm³/mol. The highest BCUT2D eigenvalue weighted by Crippen LogP contribution is 2.35. The van der Waals surface area contributed by atoms with Gasteiger partial charge in [0, 0.05) is 49.7 Å². The third-order valence-electron chi connectivity index (χ3n) is 5.52. The van der Waals surface area contributed by atoms with Crippen LogP contribution in [0.15, 0.2) is 48.9 Å². The number of alkyl halides is 4. The van der Waals surface area contributed by atoms with E-state index in [2.05, 4.69) is 9.97 Å². The summed E-state index contributed by atoms with van der Waals surface area (Å²) < 4.78 is 43.3. The van der Waals surface area contributed by atoms with Crippen LogP contribution in [0.5, 0.6) is 5.75 Å². The number of pyridine rings is 1. The maximum absolute atomic E-state index is 12.6. The van der Waals surface area contributed by atoms with Crippen LogP contribution in [0.4, 0.5) is 19.0 Å². The Morgan fingerprint density at radius 2 is 1.78 bits per heavy atom. The van der Waals surface area contributed by atoms with E-state index in [0.717, 1.165) is 5.56 Å². The van der Waals surface area contributed by atoms with Crippen molar-refractivity contribution < 1.29 is 22.7 Å². The second kappa shape index (κ2) is 10.9. The first-order valence-electron chi connectivity index (χ1n) is 11.1. The Morgan fingerprint density at radius 1 is 1.08 bits per heavy atom. The number of hydrogen-bond acceptors (Lipinski definition) is 6. The number of carbonyl (C=O) groups excluding carboxylic acids is 1. The number of anilines is 1.